The monoisotopic (exact) mass is 445 g/mol. The van der Waals surface area contributed by atoms with E-state index in [1.165, 1.54) is 54.6 Å². The summed E-state index contributed by atoms with van der Waals surface area (Å²) in [6.07, 6.45) is 10.1. The van der Waals surface area contributed by atoms with Crippen molar-refractivity contribution in [2.45, 2.75) is 71.0 Å². The molecule has 0 aromatic carbocycles. The molecule has 1 saturated heterocycles. The zero-order valence-electron chi connectivity index (χ0n) is 19.1. The summed E-state index contributed by atoms with van der Waals surface area (Å²) >= 11 is 5.93. The fraction of sp³-hybridized carbons (Fsp3) is 0.423. The minimum absolute atomic E-state index is 0.0329. The molecule has 5 nitrogen and oxygen atoms in total. The third kappa shape index (κ3) is 3.71. The lowest BCUT2D eigenvalue weighted by Crippen LogP contribution is -2.40. The second-order valence-electron chi connectivity index (χ2n) is 9.18. The number of aryl methyl sites for hydroxylation is 2. The number of hydrogen-bond donors (Lipinski definition) is 1. The van der Waals surface area contributed by atoms with Crippen molar-refractivity contribution in [2.24, 2.45) is 0 Å². The van der Waals surface area contributed by atoms with Crippen molar-refractivity contribution in [1.82, 2.24) is 24.8 Å². The number of nitrogens with one attached hydrogen (secondary N) is 1. The zero-order valence-corrected chi connectivity index (χ0v) is 19.9. The van der Waals surface area contributed by atoms with E-state index in [0.717, 1.165) is 16.6 Å². The fourth-order valence-electron chi connectivity index (χ4n) is 5.48. The molecule has 0 unspecified atom stereocenters. The first-order valence-electron chi connectivity index (χ1n) is 11.7. The van der Waals surface area contributed by atoms with E-state index < -0.39 is 0 Å². The maximum atomic E-state index is 5.93. The average Bonchev–Trinajstić information content (AvgIpc) is 3.31. The number of nitrogens with zero attached hydrogens (tertiary/aromatic N) is 4. The molecule has 4 heterocycles. The van der Waals surface area contributed by atoms with Gasteiger partial charge in [-0.2, -0.15) is 0 Å². The summed E-state index contributed by atoms with van der Waals surface area (Å²) in [5.74, 6) is 0.962. The predicted octanol–water partition coefficient (Wildman–Crippen LogP) is 5.50. The van der Waals surface area contributed by atoms with Crippen LogP contribution in [0.5, 0.6) is 0 Å². The molecule has 1 aliphatic carbocycles. The Morgan fingerprint density at radius 2 is 1.81 bits per heavy atom. The second-order valence-corrected chi connectivity index (χ2v) is 9.57. The van der Waals surface area contributed by atoms with Crippen LogP contribution in [-0.4, -0.2) is 30.6 Å². The Morgan fingerprint density at radius 3 is 2.50 bits per heavy atom. The van der Waals surface area contributed by atoms with Gasteiger partial charge in [0, 0.05) is 29.8 Å². The lowest BCUT2D eigenvalue weighted by atomic mass is 9.90. The van der Waals surface area contributed by atoms with Gasteiger partial charge in [0.15, 0.2) is 5.11 Å². The standard InChI is InChI=1S/C26H31N5S/c1-17-12-13-23(28-16-17)30-18(2)15-21(19(30)3)25-24(22-11-7-8-14-27-22)29-26(32)31(25)20-9-5-4-6-10-20/h7-8,11-16,20,24-25H,4-6,9-10H2,1-3H3,(H,29,32)/t24-,25+/m0/s1. The molecule has 0 spiro atoms. The summed E-state index contributed by atoms with van der Waals surface area (Å²) in [6, 6.07) is 13.3. The molecule has 3 aromatic rings. The van der Waals surface area contributed by atoms with Gasteiger partial charge >= 0.3 is 0 Å². The first-order chi connectivity index (χ1) is 15.5. The quantitative estimate of drug-likeness (QED) is 0.538. The van der Waals surface area contributed by atoms with Crippen LogP contribution < -0.4 is 5.32 Å². The van der Waals surface area contributed by atoms with Crippen LogP contribution in [0.2, 0.25) is 0 Å². The summed E-state index contributed by atoms with van der Waals surface area (Å²) in [5.41, 5.74) is 5.92. The van der Waals surface area contributed by atoms with Gasteiger partial charge in [0.2, 0.25) is 0 Å². The van der Waals surface area contributed by atoms with Crippen LogP contribution in [0.1, 0.15) is 72.4 Å². The van der Waals surface area contributed by atoms with E-state index in [1.807, 2.05) is 18.5 Å². The summed E-state index contributed by atoms with van der Waals surface area (Å²) in [7, 11) is 0. The van der Waals surface area contributed by atoms with E-state index in [4.69, 9.17) is 22.2 Å². The smallest absolute Gasteiger partial charge is 0.170 e. The second kappa shape index (κ2) is 8.66. The predicted molar refractivity (Wildman–Crippen MR) is 132 cm³/mol. The van der Waals surface area contributed by atoms with Gasteiger partial charge in [-0.1, -0.05) is 31.4 Å². The molecule has 2 aliphatic rings. The summed E-state index contributed by atoms with van der Waals surface area (Å²) in [4.78, 5) is 11.9. The van der Waals surface area contributed by atoms with Crippen molar-refractivity contribution in [3.63, 3.8) is 0 Å². The first-order valence-corrected chi connectivity index (χ1v) is 12.1. The SMILES string of the molecule is Cc1ccc(-n2c(C)cc([C@@H]3[C@H](c4ccccn4)NC(=S)N3C3CCCCC3)c2C)nc1. The Morgan fingerprint density at radius 1 is 1.00 bits per heavy atom. The van der Waals surface area contributed by atoms with Crippen molar-refractivity contribution in [3.8, 4) is 5.82 Å². The third-order valence-corrected chi connectivity index (χ3v) is 7.35. The average molecular weight is 446 g/mol. The van der Waals surface area contributed by atoms with Gasteiger partial charge < -0.3 is 14.8 Å². The van der Waals surface area contributed by atoms with Gasteiger partial charge in [0.25, 0.3) is 0 Å². The number of pyridine rings is 2. The van der Waals surface area contributed by atoms with E-state index in [9.17, 15) is 0 Å². The molecule has 5 rings (SSSR count). The highest BCUT2D eigenvalue weighted by Gasteiger charge is 2.44. The Labute approximate surface area is 195 Å². The highest BCUT2D eigenvalue weighted by Crippen LogP contribution is 2.44. The minimum atomic E-state index is 0.0329. The van der Waals surface area contributed by atoms with Crippen LogP contribution in [0.4, 0.5) is 0 Å². The summed E-state index contributed by atoms with van der Waals surface area (Å²) in [5, 5.41) is 4.50. The Kier molecular flexibility index (Phi) is 5.72. The molecule has 1 aliphatic heterocycles. The Hall–Kier alpha value is -2.73. The summed E-state index contributed by atoms with van der Waals surface area (Å²) in [6.45, 7) is 6.45. The number of rotatable bonds is 4. The first kappa shape index (κ1) is 21.1. The van der Waals surface area contributed by atoms with Crippen LogP contribution in [0.3, 0.4) is 0 Å². The molecule has 0 bridgehead atoms. The summed E-state index contributed by atoms with van der Waals surface area (Å²) < 4.78 is 2.27. The molecular weight excluding hydrogens is 414 g/mol. The Bertz CT molecular complexity index is 1100. The molecule has 1 N–H and O–H groups in total. The van der Waals surface area contributed by atoms with Gasteiger partial charge in [-0.3, -0.25) is 4.98 Å². The van der Waals surface area contributed by atoms with E-state index in [0.29, 0.717) is 6.04 Å². The zero-order chi connectivity index (χ0) is 22.2. The van der Waals surface area contributed by atoms with Crippen LogP contribution in [0.15, 0.2) is 48.8 Å². The maximum Gasteiger partial charge on any atom is 0.170 e. The molecule has 3 aromatic heterocycles. The number of aromatic nitrogens is 3. The minimum Gasteiger partial charge on any atom is -0.352 e. The van der Waals surface area contributed by atoms with Crippen molar-refractivity contribution in [2.75, 3.05) is 0 Å². The maximum absolute atomic E-state index is 5.93. The van der Waals surface area contributed by atoms with E-state index in [2.05, 4.69) is 65.9 Å². The molecule has 1 saturated carbocycles. The molecule has 2 atom stereocenters. The molecular formula is C26H31N5S. The largest absolute Gasteiger partial charge is 0.352 e. The van der Waals surface area contributed by atoms with Gasteiger partial charge in [-0.25, -0.2) is 4.98 Å². The highest BCUT2D eigenvalue weighted by atomic mass is 32.1. The lowest BCUT2D eigenvalue weighted by molar-refractivity contribution is 0.197. The lowest BCUT2D eigenvalue weighted by Gasteiger charge is -2.37. The van der Waals surface area contributed by atoms with Gasteiger partial charge in [0.05, 0.1) is 17.8 Å². The topological polar surface area (TPSA) is 46.0 Å². The van der Waals surface area contributed by atoms with Crippen LogP contribution in [-0.2, 0) is 0 Å². The molecule has 0 amide bonds. The van der Waals surface area contributed by atoms with E-state index in [-0.39, 0.29) is 12.1 Å². The van der Waals surface area contributed by atoms with Gasteiger partial charge in [-0.15, -0.1) is 0 Å². The van der Waals surface area contributed by atoms with Crippen molar-refractivity contribution in [3.05, 3.63) is 77.0 Å². The molecule has 32 heavy (non-hydrogen) atoms. The van der Waals surface area contributed by atoms with Crippen LogP contribution in [0, 0.1) is 20.8 Å². The molecule has 0 radical (unpaired) electrons. The van der Waals surface area contributed by atoms with Gasteiger partial charge in [-0.05, 0) is 81.2 Å². The highest BCUT2D eigenvalue weighted by molar-refractivity contribution is 7.80. The Balaban J connectivity index is 1.62. The van der Waals surface area contributed by atoms with Gasteiger partial charge in [0.1, 0.15) is 5.82 Å². The number of thiocarbonyl (C=S) groups is 1. The molecule has 2 fully saturated rings. The third-order valence-electron chi connectivity index (χ3n) is 7.02. The molecule has 6 heteroatoms. The molecule has 166 valence electrons. The van der Waals surface area contributed by atoms with E-state index in [1.54, 1.807) is 0 Å². The fourth-order valence-corrected chi connectivity index (χ4v) is 5.87. The van der Waals surface area contributed by atoms with Crippen LogP contribution >= 0.6 is 12.2 Å². The van der Waals surface area contributed by atoms with Crippen molar-refractivity contribution >= 4 is 17.3 Å². The van der Waals surface area contributed by atoms with Crippen molar-refractivity contribution in [1.29, 1.82) is 0 Å². The number of hydrogen-bond acceptors (Lipinski definition) is 3. The van der Waals surface area contributed by atoms with Crippen LogP contribution in [0.25, 0.3) is 5.82 Å². The van der Waals surface area contributed by atoms with E-state index >= 15 is 0 Å². The van der Waals surface area contributed by atoms with Crippen molar-refractivity contribution < 1.29 is 0 Å². The normalized spacial score (nSPS) is 21.7.